The lowest BCUT2D eigenvalue weighted by atomic mass is 10.2. The Morgan fingerprint density at radius 1 is 1.44 bits per heavy atom. The highest BCUT2D eigenvalue weighted by Crippen LogP contribution is 2.29. The number of nitrogens with one attached hydrogen (secondary N) is 1. The minimum atomic E-state index is -0.668. The lowest BCUT2D eigenvalue weighted by Gasteiger charge is -2.16. The summed E-state index contributed by atoms with van der Waals surface area (Å²) in [6.07, 6.45) is 6.95. The van der Waals surface area contributed by atoms with E-state index in [1.807, 2.05) is 0 Å². The molecule has 1 saturated heterocycles. The van der Waals surface area contributed by atoms with E-state index >= 15 is 0 Å². The standard InChI is InChI=1S/C12H24N2OS/c1-10(16(2)15)5-7-13-11-6-8-14(9-11)12-3-4-12/h10-13H,3-9H2,1-2H3. The van der Waals surface area contributed by atoms with E-state index in [9.17, 15) is 4.21 Å². The van der Waals surface area contributed by atoms with Crippen LogP contribution in [0, 0.1) is 0 Å². The third kappa shape index (κ3) is 3.54. The minimum absolute atomic E-state index is 0.327. The molecule has 94 valence electrons. The van der Waals surface area contributed by atoms with E-state index in [1.54, 1.807) is 6.26 Å². The first-order valence-electron chi connectivity index (χ1n) is 6.46. The molecule has 1 saturated carbocycles. The normalized spacial score (nSPS) is 30.5. The largest absolute Gasteiger partial charge is 0.313 e. The SMILES string of the molecule is CC(CCNC1CCN(C2CC2)C1)S(C)=O. The van der Waals surface area contributed by atoms with Gasteiger partial charge in [0.15, 0.2) is 0 Å². The van der Waals surface area contributed by atoms with Gasteiger partial charge in [0.25, 0.3) is 0 Å². The van der Waals surface area contributed by atoms with Gasteiger partial charge < -0.3 is 5.32 Å². The summed E-state index contributed by atoms with van der Waals surface area (Å²) in [4.78, 5) is 2.62. The van der Waals surface area contributed by atoms with E-state index in [-0.39, 0.29) is 0 Å². The summed E-state index contributed by atoms with van der Waals surface area (Å²) in [7, 11) is -0.668. The van der Waals surface area contributed by atoms with Crippen LogP contribution in [-0.4, -0.2) is 52.3 Å². The van der Waals surface area contributed by atoms with Crippen molar-refractivity contribution in [3.63, 3.8) is 0 Å². The summed E-state index contributed by atoms with van der Waals surface area (Å²) in [6.45, 7) is 5.60. The average molecular weight is 244 g/mol. The smallest absolute Gasteiger partial charge is 0.0329 e. The average Bonchev–Trinajstić information content (AvgIpc) is 2.99. The fraction of sp³-hybridized carbons (Fsp3) is 1.00. The van der Waals surface area contributed by atoms with E-state index in [0.29, 0.717) is 11.3 Å². The van der Waals surface area contributed by atoms with Crippen LogP contribution >= 0.6 is 0 Å². The molecule has 0 amide bonds. The Labute approximate surface area is 101 Å². The number of likely N-dealkylation sites (tertiary alicyclic amines) is 1. The molecule has 4 heteroatoms. The summed E-state index contributed by atoms with van der Waals surface area (Å²) in [5, 5.41) is 3.93. The highest BCUT2D eigenvalue weighted by atomic mass is 32.2. The first-order chi connectivity index (χ1) is 7.66. The van der Waals surface area contributed by atoms with Gasteiger partial charge in [0.05, 0.1) is 0 Å². The van der Waals surface area contributed by atoms with Crippen LogP contribution in [0.5, 0.6) is 0 Å². The van der Waals surface area contributed by atoms with Crippen LogP contribution < -0.4 is 5.32 Å². The molecular weight excluding hydrogens is 220 g/mol. The van der Waals surface area contributed by atoms with E-state index < -0.39 is 10.8 Å². The van der Waals surface area contributed by atoms with Gasteiger partial charge >= 0.3 is 0 Å². The molecule has 3 atom stereocenters. The summed E-state index contributed by atoms with van der Waals surface area (Å²) < 4.78 is 11.2. The van der Waals surface area contributed by atoms with Crippen LogP contribution in [0.4, 0.5) is 0 Å². The third-order valence-corrected chi connectivity index (χ3v) is 5.20. The summed E-state index contributed by atoms with van der Waals surface area (Å²) >= 11 is 0. The predicted octanol–water partition coefficient (Wildman–Crippen LogP) is 0.970. The zero-order valence-corrected chi connectivity index (χ0v) is 11.3. The van der Waals surface area contributed by atoms with Crippen LogP contribution in [0.1, 0.15) is 32.6 Å². The molecule has 3 nitrogen and oxygen atoms in total. The van der Waals surface area contributed by atoms with Crippen molar-refractivity contribution in [2.75, 3.05) is 25.9 Å². The van der Waals surface area contributed by atoms with Crippen molar-refractivity contribution < 1.29 is 4.21 Å². The van der Waals surface area contributed by atoms with Crippen molar-refractivity contribution in [3.05, 3.63) is 0 Å². The molecule has 3 unspecified atom stereocenters. The number of rotatable bonds is 6. The molecule has 1 N–H and O–H groups in total. The van der Waals surface area contributed by atoms with Gasteiger partial charge in [-0.05, 0) is 32.2 Å². The maximum Gasteiger partial charge on any atom is 0.0329 e. The van der Waals surface area contributed by atoms with Crippen molar-refractivity contribution in [3.8, 4) is 0 Å². The van der Waals surface area contributed by atoms with Gasteiger partial charge in [0.1, 0.15) is 0 Å². The molecular formula is C12H24N2OS. The molecule has 0 aromatic carbocycles. The van der Waals surface area contributed by atoms with Gasteiger partial charge in [0.2, 0.25) is 0 Å². The monoisotopic (exact) mass is 244 g/mol. The van der Waals surface area contributed by atoms with Gasteiger partial charge in [-0.25, -0.2) is 0 Å². The highest BCUT2D eigenvalue weighted by molar-refractivity contribution is 7.84. The lowest BCUT2D eigenvalue weighted by Crippen LogP contribution is -2.35. The molecule has 1 aliphatic heterocycles. The molecule has 2 aliphatic rings. The van der Waals surface area contributed by atoms with Crippen LogP contribution in [0.3, 0.4) is 0 Å². The Hall–Kier alpha value is 0.0700. The second-order valence-electron chi connectivity index (χ2n) is 5.26. The van der Waals surface area contributed by atoms with Gasteiger partial charge in [-0.3, -0.25) is 9.11 Å². The Kier molecular flexibility index (Phi) is 4.39. The first kappa shape index (κ1) is 12.5. The molecule has 2 fully saturated rings. The second-order valence-corrected chi connectivity index (χ2v) is 7.07. The van der Waals surface area contributed by atoms with Gasteiger partial charge in [-0.15, -0.1) is 0 Å². The molecule has 0 radical (unpaired) electrons. The fourth-order valence-electron chi connectivity index (χ4n) is 2.38. The van der Waals surface area contributed by atoms with Crippen LogP contribution in [-0.2, 0) is 10.8 Å². The zero-order chi connectivity index (χ0) is 11.5. The van der Waals surface area contributed by atoms with Crippen molar-refractivity contribution in [1.82, 2.24) is 10.2 Å². The molecule has 16 heavy (non-hydrogen) atoms. The number of hydrogen-bond acceptors (Lipinski definition) is 3. The Balaban J connectivity index is 1.58. The molecule has 1 heterocycles. The summed E-state index contributed by atoms with van der Waals surface area (Å²) in [6, 6.07) is 1.59. The molecule has 0 bridgehead atoms. The van der Waals surface area contributed by atoms with E-state index in [2.05, 4.69) is 17.1 Å². The van der Waals surface area contributed by atoms with Crippen molar-refractivity contribution in [1.29, 1.82) is 0 Å². The first-order valence-corrected chi connectivity index (χ1v) is 8.08. The maximum atomic E-state index is 11.2. The van der Waals surface area contributed by atoms with Gasteiger partial charge in [0, 0.05) is 47.5 Å². The Morgan fingerprint density at radius 2 is 2.19 bits per heavy atom. The molecule has 0 aromatic heterocycles. The topological polar surface area (TPSA) is 32.3 Å². The Morgan fingerprint density at radius 3 is 2.81 bits per heavy atom. The third-order valence-electron chi connectivity index (χ3n) is 3.83. The predicted molar refractivity (Wildman–Crippen MR) is 69.1 cm³/mol. The van der Waals surface area contributed by atoms with Crippen LogP contribution in [0.2, 0.25) is 0 Å². The Bertz CT molecular complexity index is 255. The zero-order valence-electron chi connectivity index (χ0n) is 10.4. The van der Waals surface area contributed by atoms with E-state index in [4.69, 9.17) is 0 Å². The minimum Gasteiger partial charge on any atom is -0.313 e. The van der Waals surface area contributed by atoms with Crippen molar-refractivity contribution in [2.45, 2.75) is 49.9 Å². The molecule has 0 spiro atoms. The highest BCUT2D eigenvalue weighted by Gasteiger charge is 2.33. The van der Waals surface area contributed by atoms with Gasteiger partial charge in [-0.2, -0.15) is 0 Å². The van der Waals surface area contributed by atoms with E-state index in [0.717, 1.165) is 19.0 Å². The number of hydrogen-bond donors (Lipinski definition) is 1. The van der Waals surface area contributed by atoms with Crippen LogP contribution in [0.25, 0.3) is 0 Å². The summed E-state index contributed by atoms with van der Waals surface area (Å²) in [5.74, 6) is 0. The van der Waals surface area contributed by atoms with Crippen molar-refractivity contribution >= 4 is 10.8 Å². The lowest BCUT2D eigenvalue weighted by molar-refractivity contribution is 0.317. The van der Waals surface area contributed by atoms with Crippen LogP contribution in [0.15, 0.2) is 0 Å². The molecule has 0 aromatic rings. The summed E-state index contributed by atoms with van der Waals surface area (Å²) in [5.41, 5.74) is 0. The second kappa shape index (κ2) is 5.61. The number of nitrogens with zero attached hydrogens (tertiary/aromatic N) is 1. The maximum absolute atomic E-state index is 11.2. The fourth-order valence-corrected chi connectivity index (χ4v) is 2.83. The quantitative estimate of drug-likeness (QED) is 0.756. The van der Waals surface area contributed by atoms with Crippen molar-refractivity contribution in [2.24, 2.45) is 0 Å². The van der Waals surface area contributed by atoms with E-state index in [1.165, 1.54) is 32.4 Å². The molecule has 2 rings (SSSR count). The van der Waals surface area contributed by atoms with Gasteiger partial charge in [-0.1, -0.05) is 6.92 Å². The molecule has 1 aliphatic carbocycles.